The molecule has 0 bridgehead atoms. The molecule has 0 radical (unpaired) electrons. The molecular weight excluding hydrogens is 357 g/mol. The number of hydrogen-bond donors (Lipinski definition) is 1. The Kier molecular flexibility index (Phi) is 5.38. The second-order valence-corrected chi connectivity index (χ2v) is 8.61. The normalized spacial score (nSPS) is 21.0. The minimum Gasteiger partial charge on any atom is -0.378 e. The number of nitrogens with zero attached hydrogens (tertiary/aromatic N) is 1. The summed E-state index contributed by atoms with van der Waals surface area (Å²) in [7, 11) is -3.61. The summed E-state index contributed by atoms with van der Waals surface area (Å²) in [5.41, 5.74) is 0.584. The molecule has 2 aromatic rings. The van der Waals surface area contributed by atoms with Crippen molar-refractivity contribution in [3.63, 3.8) is 0 Å². The first-order valence-electron chi connectivity index (χ1n) is 8.38. The molecule has 2 atom stereocenters. The lowest BCUT2D eigenvalue weighted by atomic mass is 10.1. The van der Waals surface area contributed by atoms with E-state index in [1.165, 1.54) is 23.1 Å². The van der Waals surface area contributed by atoms with Gasteiger partial charge in [-0.2, -0.15) is 0 Å². The lowest BCUT2D eigenvalue weighted by Crippen LogP contribution is -2.37. The lowest BCUT2D eigenvalue weighted by molar-refractivity contribution is -0.140. The largest absolute Gasteiger partial charge is 0.378 e. The van der Waals surface area contributed by atoms with E-state index in [9.17, 15) is 22.7 Å². The summed E-state index contributed by atoms with van der Waals surface area (Å²) >= 11 is 0. The average molecular weight is 377 g/mol. The predicted octanol–water partition coefficient (Wildman–Crippen LogP) is 2.25. The van der Waals surface area contributed by atoms with Crippen LogP contribution < -0.4 is 0 Å². The van der Waals surface area contributed by atoms with Crippen LogP contribution in [0.4, 0.5) is 4.39 Å². The number of rotatable bonds is 3. The highest BCUT2D eigenvalue weighted by atomic mass is 32.2. The molecule has 0 aromatic heterocycles. The Hall–Kier alpha value is -2.25. The molecular formula is C19H20FNO4S. The van der Waals surface area contributed by atoms with Gasteiger partial charge >= 0.3 is 0 Å². The zero-order valence-electron chi connectivity index (χ0n) is 14.1. The van der Waals surface area contributed by atoms with Crippen LogP contribution in [0.25, 0.3) is 0 Å². The van der Waals surface area contributed by atoms with Crippen molar-refractivity contribution in [2.75, 3.05) is 18.8 Å². The van der Waals surface area contributed by atoms with Crippen molar-refractivity contribution in [1.29, 1.82) is 0 Å². The highest BCUT2D eigenvalue weighted by molar-refractivity contribution is 7.91. The number of hydrogen-bond acceptors (Lipinski definition) is 4. The summed E-state index contributed by atoms with van der Waals surface area (Å²) in [5, 5.41) is 9.30. The molecule has 138 valence electrons. The Morgan fingerprint density at radius 3 is 2.42 bits per heavy atom. The minimum atomic E-state index is -3.61. The van der Waals surface area contributed by atoms with E-state index in [2.05, 4.69) is 0 Å². The molecule has 2 unspecified atom stereocenters. The first kappa shape index (κ1) is 18.5. The Bertz CT molecular complexity index is 885. The average Bonchev–Trinajstić information content (AvgIpc) is 2.80. The van der Waals surface area contributed by atoms with E-state index in [-0.39, 0.29) is 30.8 Å². The van der Waals surface area contributed by atoms with Crippen molar-refractivity contribution in [3.05, 3.63) is 71.5 Å². The predicted molar refractivity (Wildman–Crippen MR) is 95.5 cm³/mol. The number of aliphatic hydroxyl groups is 1. The maximum Gasteiger partial charge on any atom is 0.256 e. The van der Waals surface area contributed by atoms with Crippen molar-refractivity contribution >= 4 is 15.7 Å². The molecule has 1 saturated heterocycles. The van der Waals surface area contributed by atoms with Crippen LogP contribution in [0.1, 0.15) is 28.9 Å². The van der Waals surface area contributed by atoms with E-state index in [1.807, 2.05) is 0 Å². The van der Waals surface area contributed by atoms with Crippen LogP contribution in [0.3, 0.4) is 0 Å². The fraction of sp³-hybridized carbons (Fsp3) is 0.316. The molecule has 5 nitrogen and oxygen atoms in total. The van der Waals surface area contributed by atoms with E-state index < -0.39 is 32.9 Å². The van der Waals surface area contributed by atoms with E-state index in [1.54, 1.807) is 36.4 Å². The molecule has 0 spiro atoms. The number of benzene rings is 2. The maximum absolute atomic E-state index is 14.1. The van der Waals surface area contributed by atoms with E-state index >= 15 is 0 Å². The third-order valence-electron chi connectivity index (χ3n) is 4.65. The van der Waals surface area contributed by atoms with Gasteiger partial charge in [0.05, 0.1) is 11.0 Å². The van der Waals surface area contributed by atoms with Gasteiger partial charge in [0.1, 0.15) is 5.82 Å². The van der Waals surface area contributed by atoms with Crippen molar-refractivity contribution in [2.24, 2.45) is 0 Å². The second-order valence-electron chi connectivity index (χ2n) is 6.30. The van der Waals surface area contributed by atoms with Gasteiger partial charge in [-0.05, 0) is 18.1 Å². The highest BCUT2D eigenvalue weighted by Crippen LogP contribution is 2.31. The number of sulfone groups is 1. The SMILES string of the molecule is O=C(C(O)c1ccccc1)N1CCC(c2ccccc2F)S(=O)(=O)CC1. The summed E-state index contributed by atoms with van der Waals surface area (Å²) < 4.78 is 39.3. The van der Waals surface area contributed by atoms with Crippen LogP contribution in [0.15, 0.2) is 54.6 Å². The minimum absolute atomic E-state index is 0.0178. The molecule has 1 N–H and O–H groups in total. The van der Waals surface area contributed by atoms with Crippen LogP contribution in [-0.4, -0.2) is 43.2 Å². The van der Waals surface area contributed by atoms with E-state index in [0.717, 1.165) is 0 Å². The monoisotopic (exact) mass is 377 g/mol. The zero-order valence-corrected chi connectivity index (χ0v) is 14.9. The highest BCUT2D eigenvalue weighted by Gasteiger charge is 2.35. The fourth-order valence-electron chi connectivity index (χ4n) is 3.20. The second kappa shape index (κ2) is 7.55. The van der Waals surface area contributed by atoms with Gasteiger partial charge in [0.15, 0.2) is 15.9 Å². The molecule has 0 aliphatic carbocycles. The van der Waals surface area contributed by atoms with Crippen molar-refractivity contribution in [3.8, 4) is 0 Å². The van der Waals surface area contributed by atoms with Crippen LogP contribution in [0.5, 0.6) is 0 Å². The van der Waals surface area contributed by atoms with Crippen LogP contribution in [0.2, 0.25) is 0 Å². The standard InChI is InChI=1S/C19H20FNO4S/c20-16-9-5-4-8-15(16)17-10-11-21(12-13-26(17,24)25)19(23)18(22)14-6-2-1-3-7-14/h1-9,17-18,22H,10-13H2. The zero-order chi connectivity index (χ0) is 18.7. The molecule has 1 heterocycles. The molecule has 2 aromatic carbocycles. The quantitative estimate of drug-likeness (QED) is 0.890. The molecule has 1 amide bonds. The van der Waals surface area contributed by atoms with Crippen molar-refractivity contribution < 1.29 is 22.7 Å². The molecule has 3 rings (SSSR count). The number of amides is 1. The van der Waals surface area contributed by atoms with Gasteiger partial charge in [0.2, 0.25) is 0 Å². The maximum atomic E-state index is 14.1. The molecule has 1 aliphatic heterocycles. The van der Waals surface area contributed by atoms with Gasteiger partial charge in [0, 0.05) is 18.7 Å². The lowest BCUT2D eigenvalue weighted by Gasteiger charge is -2.23. The summed E-state index contributed by atoms with van der Waals surface area (Å²) in [6.07, 6.45) is -1.25. The van der Waals surface area contributed by atoms with Gasteiger partial charge in [-0.1, -0.05) is 48.5 Å². The van der Waals surface area contributed by atoms with Crippen LogP contribution in [0, 0.1) is 5.82 Å². The first-order valence-corrected chi connectivity index (χ1v) is 10.1. The summed E-state index contributed by atoms with van der Waals surface area (Å²) in [5.74, 6) is -1.37. The van der Waals surface area contributed by atoms with Gasteiger partial charge in [-0.3, -0.25) is 4.79 Å². The van der Waals surface area contributed by atoms with Gasteiger partial charge in [-0.15, -0.1) is 0 Å². The van der Waals surface area contributed by atoms with E-state index in [0.29, 0.717) is 5.56 Å². The smallest absolute Gasteiger partial charge is 0.256 e. The topological polar surface area (TPSA) is 74.7 Å². The molecule has 7 heteroatoms. The number of carbonyl (C=O) groups excluding carboxylic acids is 1. The van der Waals surface area contributed by atoms with E-state index in [4.69, 9.17) is 0 Å². The first-order chi connectivity index (χ1) is 12.4. The summed E-state index contributed by atoms with van der Waals surface area (Å²) in [6.45, 7) is 0.122. The Morgan fingerprint density at radius 1 is 1.08 bits per heavy atom. The van der Waals surface area contributed by atoms with Gasteiger partial charge in [0.25, 0.3) is 5.91 Å². The Balaban J connectivity index is 1.80. The third-order valence-corrected chi connectivity index (χ3v) is 6.76. The number of carbonyl (C=O) groups is 1. The third kappa shape index (κ3) is 3.78. The van der Waals surface area contributed by atoms with Gasteiger partial charge < -0.3 is 10.0 Å². The fourth-order valence-corrected chi connectivity index (χ4v) is 5.00. The number of halogens is 1. The molecule has 26 heavy (non-hydrogen) atoms. The number of aliphatic hydroxyl groups excluding tert-OH is 1. The van der Waals surface area contributed by atoms with Crippen LogP contribution >= 0.6 is 0 Å². The van der Waals surface area contributed by atoms with Crippen molar-refractivity contribution in [2.45, 2.75) is 17.8 Å². The van der Waals surface area contributed by atoms with Crippen molar-refractivity contribution in [1.82, 2.24) is 4.90 Å². The Morgan fingerprint density at radius 2 is 1.73 bits per heavy atom. The Labute approximate surface area is 152 Å². The van der Waals surface area contributed by atoms with Crippen LogP contribution in [-0.2, 0) is 14.6 Å². The molecule has 0 saturated carbocycles. The van der Waals surface area contributed by atoms with Gasteiger partial charge in [-0.25, -0.2) is 12.8 Å². The molecule has 1 fully saturated rings. The summed E-state index contributed by atoms with van der Waals surface area (Å²) in [4.78, 5) is 13.9. The summed E-state index contributed by atoms with van der Waals surface area (Å²) in [6, 6.07) is 14.3. The molecule has 1 aliphatic rings.